The Labute approximate surface area is 46.5 Å². The Morgan fingerprint density at radius 3 is 3.00 bits per heavy atom. The first-order chi connectivity index (χ1) is 3.77. The van der Waals surface area contributed by atoms with Gasteiger partial charge < -0.3 is 10.6 Å². The second kappa shape index (κ2) is 3.91. The molecule has 0 aliphatic carbocycles. The van der Waals surface area contributed by atoms with Crippen LogP contribution >= 0.6 is 0 Å². The fourth-order valence-electron chi connectivity index (χ4n) is 0.143. The summed E-state index contributed by atoms with van der Waals surface area (Å²) in [4.78, 5) is 14.0. The van der Waals surface area contributed by atoms with E-state index in [0.29, 0.717) is 0 Å². The summed E-state index contributed by atoms with van der Waals surface area (Å²) in [6.07, 6.45) is 1.06. The number of hydrogen-bond donors (Lipinski definition) is 2. The summed E-state index contributed by atoms with van der Waals surface area (Å²) in [5.41, 5.74) is 4.64. The highest BCUT2D eigenvalue weighted by Gasteiger charge is 1.80. The summed E-state index contributed by atoms with van der Waals surface area (Å²) in [5, 5.41) is 5.24. The zero-order valence-corrected chi connectivity index (χ0v) is 4.42. The van der Waals surface area contributed by atoms with E-state index < -0.39 is 6.03 Å². The van der Waals surface area contributed by atoms with Gasteiger partial charge in [0.2, 0.25) is 0 Å². The molecular weight excluding hydrogens is 110 g/mol. The van der Waals surface area contributed by atoms with Crippen molar-refractivity contribution in [3.63, 3.8) is 0 Å². The summed E-state index contributed by atoms with van der Waals surface area (Å²) in [6.45, 7) is 0. The van der Waals surface area contributed by atoms with Crippen molar-refractivity contribution in [2.45, 2.75) is 0 Å². The minimum atomic E-state index is -0.661. The zero-order chi connectivity index (χ0) is 6.41. The molecule has 0 unspecified atom stereocenters. The van der Waals surface area contributed by atoms with Crippen molar-refractivity contribution in [2.24, 2.45) is 10.9 Å². The van der Waals surface area contributed by atoms with Gasteiger partial charge in [0.25, 0.3) is 0 Å². The molecule has 0 heterocycles. The Morgan fingerprint density at radius 2 is 2.62 bits per heavy atom. The molecule has 3 N–H and O–H groups in total. The van der Waals surface area contributed by atoms with Crippen LogP contribution in [0.5, 0.6) is 0 Å². The third kappa shape index (κ3) is 4.74. The minimum absolute atomic E-state index is 0.661. The molecule has 0 atom stereocenters. The smallest absolute Gasteiger partial charge is 0.317 e. The van der Waals surface area contributed by atoms with E-state index in [0.717, 1.165) is 6.34 Å². The van der Waals surface area contributed by atoms with Gasteiger partial charge >= 0.3 is 6.03 Å². The first-order valence-electron chi connectivity index (χ1n) is 1.88. The lowest BCUT2D eigenvalue weighted by molar-refractivity contribution is 0.213. The second-order valence-corrected chi connectivity index (χ2v) is 0.926. The van der Waals surface area contributed by atoms with E-state index in [-0.39, 0.29) is 0 Å². The monoisotopic (exact) mass is 117 g/mol. The quantitative estimate of drug-likeness (QED) is 0.283. The fraction of sp³-hybridized carbons (Fsp3) is 0.333. The molecule has 0 saturated carbocycles. The molecule has 0 aliphatic rings. The first kappa shape index (κ1) is 6.74. The molecule has 0 spiro atoms. The van der Waals surface area contributed by atoms with Crippen molar-refractivity contribution >= 4 is 12.4 Å². The fourth-order valence-corrected chi connectivity index (χ4v) is 0.143. The van der Waals surface area contributed by atoms with Crippen LogP contribution in [-0.2, 0) is 4.84 Å². The van der Waals surface area contributed by atoms with E-state index in [9.17, 15) is 4.79 Å². The molecule has 2 amide bonds. The molecule has 0 aromatic rings. The largest absolute Gasteiger partial charge is 0.398 e. The summed E-state index contributed by atoms with van der Waals surface area (Å²) in [5.74, 6) is 0. The van der Waals surface area contributed by atoms with Crippen molar-refractivity contribution in [3.05, 3.63) is 0 Å². The van der Waals surface area contributed by atoms with Gasteiger partial charge in [0.15, 0.2) is 0 Å². The number of nitrogens with zero attached hydrogens (tertiary/aromatic N) is 1. The molecule has 0 aliphatic heterocycles. The maximum atomic E-state index is 9.84. The van der Waals surface area contributed by atoms with Crippen molar-refractivity contribution in [1.82, 2.24) is 5.32 Å². The van der Waals surface area contributed by atoms with Crippen molar-refractivity contribution in [1.29, 1.82) is 0 Å². The molecule has 0 saturated heterocycles. The van der Waals surface area contributed by atoms with E-state index in [2.05, 4.69) is 21.0 Å². The normalized spacial score (nSPS) is 9.12. The third-order valence-corrected chi connectivity index (χ3v) is 0.365. The molecule has 0 aromatic heterocycles. The Bertz CT molecular complexity index is 101. The average molecular weight is 117 g/mol. The van der Waals surface area contributed by atoms with Crippen molar-refractivity contribution in [2.75, 3.05) is 7.11 Å². The summed E-state index contributed by atoms with van der Waals surface area (Å²) >= 11 is 0. The Balaban J connectivity index is 3.16. The maximum absolute atomic E-state index is 9.84. The molecule has 5 nitrogen and oxygen atoms in total. The molecule has 0 radical (unpaired) electrons. The van der Waals surface area contributed by atoms with Crippen LogP contribution in [0, 0.1) is 0 Å². The SMILES string of the molecule is CON=CNC(N)=O. The number of primary amides is 1. The highest BCUT2D eigenvalue weighted by Crippen LogP contribution is 1.58. The molecule has 46 valence electrons. The lowest BCUT2D eigenvalue weighted by Crippen LogP contribution is -2.27. The van der Waals surface area contributed by atoms with Gasteiger partial charge in [-0.05, 0) is 0 Å². The third-order valence-electron chi connectivity index (χ3n) is 0.365. The number of amides is 2. The van der Waals surface area contributed by atoms with Gasteiger partial charge in [0.05, 0.1) is 0 Å². The van der Waals surface area contributed by atoms with Crippen molar-refractivity contribution in [3.8, 4) is 0 Å². The molecular formula is C3H7N3O2. The lowest BCUT2D eigenvalue weighted by atomic mass is 11.0. The Kier molecular flexibility index (Phi) is 3.30. The van der Waals surface area contributed by atoms with Gasteiger partial charge in [0, 0.05) is 0 Å². The number of hydrogen-bond acceptors (Lipinski definition) is 3. The van der Waals surface area contributed by atoms with Crippen LogP contribution in [0.3, 0.4) is 0 Å². The molecule has 0 rings (SSSR count). The van der Waals surface area contributed by atoms with E-state index >= 15 is 0 Å². The molecule has 0 fully saturated rings. The van der Waals surface area contributed by atoms with Crippen LogP contribution in [0.4, 0.5) is 4.79 Å². The minimum Gasteiger partial charge on any atom is -0.398 e. The van der Waals surface area contributed by atoms with Crippen LogP contribution in [-0.4, -0.2) is 19.5 Å². The van der Waals surface area contributed by atoms with Crippen LogP contribution in [0.1, 0.15) is 0 Å². The molecule has 0 aromatic carbocycles. The number of urea groups is 1. The maximum Gasteiger partial charge on any atom is 0.317 e. The van der Waals surface area contributed by atoms with Crippen LogP contribution in [0.15, 0.2) is 5.16 Å². The van der Waals surface area contributed by atoms with E-state index in [1.807, 2.05) is 0 Å². The summed E-state index contributed by atoms with van der Waals surface area (Å²) < 4.78 is 0. The van der Waals surface area contributed by atoms with E-state index in [4.69, 9.17) is 0 Å². The van der Waals surface area contributed by atoms with Gasteiger partial charge in [0.1, 0.15) is 13.4 Å². The van der Waals surface area contributed by atoms with Crippen molar-refractivity contribution < 1.29 is 9.63 Å². The van der Waals surface area contributed by atoms with Crippen LogP contribution in [0.2, 0.25) is 0 Å². The number of carbonyl (C=O) groups excluding carboxylic acids is 1. The topological polar surface area (TPSA) is 76.7 Å². The van der Waals surface area contributed by atoms with Gasteiger partial charge in [-0.3, -0.25) is 5.32 Å². The Morgan fingerprint density at radius 1 is 2.00 bits per heavy atom. The van der Waals surface area contributed by atoms with Crippen LogP contribution in [0.25, 0.3) is 0 Å². The van der Waals surface area contributed by atoms with Gasteiger partial charge in [-0.2, -0.15) is 0 Å². The molecule has 8 heavy (non-hydrogen) atoms. The standard InChI is InChI=1S/C3H7N3O2/c1-8-6-2-5-3(4)7/h2H,1H3,(H3,4,5,6,7). The van der Waals surface area contributed by atoms with Gasteiger partial charge in [-0.25, -0.2) is 4.79 Å². The number of rotatable bonds is 2. The van der Waals surface area contributed by atoms with E-state index in [1.54, 1.807) is 0 Å². The number of oxime groups is 1. The summed E-state index contributed by atoms with van der Waals surface area (Å²) in [7, 11) is 1.36. The number of nitrogens with one attached hydrogen (secondary N) is 1. The molecule has 5 heteroatoms. The van der Waals surface area contributed by atoms with Gasteiger partial charge in [-0.15, -0.1) is 0 Å². The number of carbonyl (C=O) groups is 1. The first-order valence-corrected chi connectivity index (χ1v) is 1.88. The lowest BCUT2D eigenvalue weighted by Gasteiger charge is -1.87. The predicted octanol–water partition coefficient (Wildman–Crippen LogP) is -0.756. The van der Waals surface area contributed by atoms with E-state index in [1.165, 1.54) is 7.11 Å². The highest BCUT2D eigenvalue weighted by molar-refractivity contribution is 5.84. The van der Waals surface area contributed by atoms with Crippen LogP contribution < -0.4 is 11.1 Å². The molecule has 0 bridgehead atoms. The average Bonchev–Trinajstić information content (AvgIpc) is 1.66. The number of nitrogens with two attached hydrogens (primary N) is 1. The van der Waals surface area contributed by atoms with Gasteiger partial charge in [-0.1, -0.05) is 5.16 Å². The summed E-state index contributed by atoms with van der Waals surface area (Å²) in [6, 6.07) is -0.661. The Hall–Kier alpha value is -1.26. The second-order valence-electron chi connectivity index (χ2n) is 0.926. The predicted molar refractivity (Wildman–Crippen MR) is 28.2 cm³/mol. The zero-order valence-electron chi connectivity index (χ0n) is 4.42. The highest BCUT2D eigenvalue weighted by atomic mass is 16.6.